The molecule has 6 nitrogen and oxygen atoms in total. The molecule has 1 N–H and O–H groups in total. The van der Waals surface area contributed by atoms with Gasteiger partial charge < -0.3 is 19.7 Å². The van der Waals surface area contributed by atoms with Crippen molar-refractivity contribution in [3.05, 3.63) is 23.3 Å². The van der Waals surface area contributed by atoms with Crippen LogP contribution in [0.4, 0.5) is 0 Å². The molecule has 4 rings (SSSR count). The predicted molar refractivity (Wildman–Crippen MR) is 109 cm³/mol. The van der Waals surface area contributed by atoms with Gasteiger partial charge in [0.15, 0.2) is 11.5 Å². The largest absolute Gasteiger partial charge is 0.493 e. The third-order valence-corrected chi connectivity index (χ3v) is 7.63. The molecule has 2 amide bonds. The fraction of sp³-hybridized carbons (Fsp3) is 0.619. The lowest BCUT2D eigenvalue weighted by molar-refractivity contribution is -0.127. The number of amides is 2. The van der Waals surface area contributed by atoms with Crippen LogP contribution < -0.4 is 14.8 Å². The van der Waals surface area contributed by atoms with E-state index in [-0.39, 0.29) is 28.0 Å². The Balaban J connectivity index is 1.67. The van der Waals surface area contributed by atoms with Crippen molar-refractivity contribution < 1.29 is 19.1 Å². The van der Waals surface area contributed by atoms with Gasteiger partial charge in [0.1, 0.15) is 11.4 Å². The van der Waals surface area contributed by atoms with Gasteiger partial charge in [-0.25, -0.2) is 0 Å². The first-order valence-electron chi connectivity index (χ1n) is 9.94. The first-order chi connectivity index (χ1) is 13.4. The molecule has 2 aliphatic heterocycles. The topological polar surface area (TPSA) is 67.9 Å². The van der Waals surface area contributed by atoms with Crippen LogP contribution in [0.3, 0.4) is 0 Å². The second-order valence-electron chi connectivity index (χ2n) is 8.30. The van der Waals surface area contributed by atoms with Crippen LogP contribution in [-0.2, 0) is 4.79 Å². The summed E-state index contributed by atoms with van der Waals surface area (Å²) >= 11 is 1.66. The highest BCUT2D eigenvalue weighted by atomic mass is 32.2. The summed E-state index contributed by atoms with van der Waals surface area (Å²) in [7, 11) is 3.10. The zero-order valence-corrected chi connectivity index (χ0v) is 17.7. The van der Waals surface area contributed by atoms with E-state index in [9.17, 15) is 9.59 Å². The predicted octanol–water partition coefficient (Wildman–Crippen LogP) is 3.50. The third kappa shape index (κ3) is 2.95. The highest BCUT2D eigenvalue weighted by molar-refractivity contribution is 8.01. The van der Waals surface area contributed by atoms with E-state index >= 15 is 0 Å². The Hall–Kier alpha value is -1.89. The van der Waals surface area contributed by atoms with Gasteiger partial charge in [-0.3, -0.25) is 9.59 Å². The number of hydrogen-bond acceptors (Lipinski definition) is 5. The van der Waals surface area contributed by atoms with Gasteiger partial charge in [0, 0.05) is 16.4 Å². The van der Waals surface area contributed by atoms with Gasteiger partial charge in [0.05, 0.1) is 19.8 Å². The quantitative estimate of drug-likeness (QED) is 0.832. The van der Waals surface area contributed by atoms with Crippen molar-refractivity contribution in [2.75, 3.05) is 14.2 Å². The van der Waals surface area contributed by atoms with Crippen LogP contribution in [0, 0.1) is 0 Å². The number of nitrogens with one attached hydrogen (secondary N) is 1. The smallest absolute Gasteiger partial charge is 0.260 e. The molecule has 0 aromatic heterocycles. The molecule has 0 bridgehead atoms. The van der Waals surface area contributed by atoms with Crippen molar-refractivity contribution in [1.29, 1.82) is 0 Å². The highest BCUT2D eigenvalue weighted by Crippen LogP contribution is 2.58. The summed E-state index contributed by atoms with van der Waals surface area (Å²) < 4.78 is 10.5. The fourth-order valence-electron chi connectivity index (χ4n) is 4.78. The van der Waals surface area contributed by atoms with E-state index in [0.717, 1.165) is 31.2 Å². The number of nitrogens with zero attached hydrogens (tertiary/aromatic N) is 1. The number of methoxy groups -OCH3 is 2. The number of carbonyl (C=O) groups excluding carboxylic acids is 2. The Morgan fingerprint density at radius 1 is 1.18 bits per heavy atom. The fourth-order valence-corrected chi connectivity index (χ4v) is 6.36. The van der Waals surface area contributed by atoms with Crippen LogP contribution >= 0.6 is 11.8 Å². The summed E-state index contributed by atoms with van der Waals surface area (Å²) in [6.07, 6.45) is 5.59. The standard InChI is InChI=1S/C21H28N2O4S/c1-21(2)17(18(24)22-12-8-6-5-7-9-12)23-19(25)15-13(20(23)28-21)10-11-14(26-3)16(15)27-4/h10-12,17,20H,5-9H2,1-4H3,(H,22,24)/t17-,20+/m0/s1. The lowest BCUT2D eigenvalue weighted by Crippen LogP contribution is -2.54. The summed E-state index contributed by atoms with van der Waals surface area (Å²) in [6.45, 7) is 4.10. The van der Waals surface area contributed by atoms with Gasteiger partial charge in [-0.15, -0.1) is 11.8 Å². The molecule has 28 heavy (non-hydrogen) atoms. The number of thioether (sulfide) groups is 1. The Morgan fingerprint density at radius 2 is 1.89 bits per heavy atom. The van der Waals surface area contributed by atoms with Gasteiger partial charge in [-0.2, -0.15) is 0 Å². The molecular formula is C21H28N2O4S. The van der Waals surface area contributed by atoms with Crippen molar-refractivity contribution in [2.24, 2.45) is 0 Å². The lowest BCUT2D eigenvalue weighted by atomic mass is 9.94. The van der Waals surface area contributed by atoms with Crippen molar-refractivity contribution in [3.63, 3.8) is 0 Å². The highest BCUT2D eigenvalue weighted by Gasteiger charge is 2.58. The van der Waals surface area contributed by atoms with Gasteiger partial charge in [0.2, 0.25) is 5.91 Å². The summed E-state index contributed by atoms with van der Waals surface area (Å²) in [5.74, 6) is 0.782. The zero-order chi connectivity index (χ0) is 20.1. The Morgan fingerprint density at radius 3 is 2.54 bits per heavy atom. The average molecular weight is 405 g/mol. The summed E-state index contributed by atoms with van der Waals surface area (Å²) in [4.78, 5) is 28.4. The molecule has 2 fully saturated rings. The van der Waals surface area contributed by atoms with Crippen molar-refractivity contribution in [2.45, 2.75) is 68.2 Å². The van der Waals surface area contributed by atoms with Crippen LogP contribution in [0.1, 0.15) is 67.2 Å². The second-order valence-corrected chi connectivity index (χ2v) is 10.0. The van der Waals surface area contributed by atoms with Gasteiger partial charge >= 0.3 is 0 Å². The summed E-state index contributed by atoms with van der Waals surface area (Å²) in [5, 5.41) is 3.04. The van der Waals surface area contributed by atoms with Crippen LogP contribution in [-0.4, -0.2) is 47.8 Å². The number of fused-ring (bicyclic) bond motifs is 3. The maximum Gasteiger partial charge on any atom is 0.260 e. The van der Waals surface area contributed by atoms with Crippen molar-refractivity contribution in [1.82, 2.24) is 10.2 Å². The second kappa shape index (κ2) is 7.17. The monoisotopic (exact) mass is 404 g/mol. The molecule has 1 aliphatic carbocycles. The third-order valence-electron chi connectivity index (χ3n) is 6.10. The number of ether oxygens (including phenoxy) is 2. The maximum atomic E-state index is 13.4. The van der Waals surface area contributed by atoms with E-state index in [0.29, 0.717) is 17.1 Å². The summed E-state index contributed by atoms with van der Waals surface area (Å²) in [5.41, 5.74) is 1.42. The number of carbonyl (C=O) groups is 2. The molecule has 0 spiro atoms. The minimum atomic E-state index is -0.514. The average Bonchev–Trinajstić information content (AvgIpc) is 3.11. The van der Waals surface area contributed by atoms with Crippen LogP contribution in [0.5, 0.6) is 11.5 Å². The van der Waals surface area contributed by atoms with Gasteiger partial charge in [-0.1, -0.05) is 25.3 Å². The molecule has 2 heterocycles. The lowest BCUT2D eigenvalue weighted by Gasteiger charge is -2.32. The number of rotatable bonds is 4. The minimum absolute atomic E-state index is 0.0426. The molecule has 3 aliphatic rings. The Kier molecular flexibility index (Phi) is 4.98. The van der Waals surface area contributed by atoms with E-state index in [4.69, 9.17) is 9.47 Å². The molecule has 0 unspecified atom stereocenters. The molecular weight excluding hydrogens is 376 g/mol. The maximum absolute atomic E-state index is 13.4. The zero-order valence-electron chi connectivity index (χ0n) is 16.9. The molecule has 2 atom stereocenters. The number of hydrogen-bond donors (Lipinski definition) is 1. The van der Waals surface area contributed by atoms with Gasteiger partial charge in [-0.05, 0) is 32.8 Å². The molecule has 1 saturated heterocycles. The minimum Gasteiger partial charge on any atom is -0.493 e. The Labute approximate surface area is 170 Å². The van der Waals surface area contributed by atoms with Crippen LogP contribution in [0.2, 0.25) is 0 Å². The normalized spacial score (nSPS) is 26.0. The van der Waals surface area contributed by atoms with Crippen molar-refractivity contribution in [3.8, 4) is 11.5 Å². The van der Waals surface area contributed by atoms with E-state index in [1.807, 2.05) is 12.1 Å². The van der Waals surface area contributed by atoms with Crippen LogP contribution in [0.25, 0.3) is 0 Å². The Bertz CT molecular complexity index is 804. The molecule has 1 aromatic rings. The van der Waals surface area contributed by atoms with E-state index < -0.39 is 6.04 Å². The van der Waals surface area contributed by atoms with E-state index in [1.54, 1.807) is 30.9 Å². The SMILES string of the molecule is COc1ccc2c(c1OC)C(=O)N1[C@@H]2SC(C)(C)[C@@H]1C(=O)NC1CCCCC1. The van der Waals surface area contributed by atoms with Crippen LogP contribution in [0.15, 0.2) is 12.1 Å². The molecule has 1 aromatic carbocycles. The molecule has 152 valence electrons. The first kappa shape index (κ1) is 19.4. The first-order valence-corrected chi connectivity index (χ1v) is 10.8. The molecule has 0 radical (unpaired) electrons. The molecule has 1 saturated carbocycles. The van der Waals surface area contributed by atoms with Gasteiger partial charge in [0.25, 0.3) is 5.91 Å². The van der Waals surface area contributed by atoms with Crippen molar-refractivity contribution >= 4 is 23.6 Å². The van der Waals surface area contributed by atoms with E-state index in [2.05, 4.69) is 19.2 Å². The molecule has 7 heteroatoms. The number of benzene rings is 1. The van der Waals surface area contributed by atoms with E-state index in [1.165, 1.54) is 6.42 Å². The summed E-state index contributed by atoms with van der Waals surface area (Å²) in [6, 6.07) is 3.46.